The number of para-hydroxylation sites is 2. The maximum absolute atomic E-state index is 4.30. The van der Waals surface area contributed by atoms with Crippen LogP contribution in [0.3, 0.4) is 0 Å². The fraction of sp³-hybridized carbons (Fsp3) is 0.250. The van der Waals surface area contributed by atoms with Gasteiger partial charge >= 0.3 is 0 Å². The quantitative estimate of drug-likeness (QED) is 0.706. The van der Waals surface area contributed by atoms with Crippen LogP contribution in [0.5, 0.6) is 0 Å². The van der Waals surface area contributed by atoms with Gasteiger partial charge in [0.15, 0.2) is 0 Å². The summed E-state index contributed by atoms with van der Waals surface area (Å²) in [7, 11) is 0. The molecule has 0 radical (unpaired) electrons. The van der Waals surface area contributed by atoms with Crippen LogP contribution in [0.4, 0.5) is 0 Å². The number of aromatic nitrogens is 3. The van der Waals surface area contributed by atoms with E-state index in [0.717, 1.165) is 23.1 Å². The average molecular weight is 251 g/mol. The van der Waals surface area contributed by atoms with Crippen molar-refractivity contribution in [1.82, 2.24) is 15.0 Å². The number of benzene rings is 2. The van der Waals surface area contributed by atoms with E-state index in [1.54, 1.807) is 0 Å². The lowest BCUT2D eigenvalue weighted by Gasteiger charge is -2.06. The Kier molecular flexibility index (Phi) is 3.27. The molecule has 96 valence electrons. The number of hydrogen-bond acceptors (Lipinski definition) is 2. The van der Waals surface area contributed by atoms with Crippen LogP contribution in [0.15, 0.2) is 48.5 Å². The van der Waals surface area contributed by atoms with Gasteiger partial charge in [-0.3, -0.25) is 0 Å². The molecule has 0 atom stereocenters. The van der Waals surface area contributed by atoms with Gasteiger partial charge in [0.1, 0.15) is 5.52 Å². The molecule has 0 aliphatic carbocycles. The van der Waals surface area contributed by atoms with Crippen LogP contribution in [-0.2, 0) is 6.42 Å². The number of rotatable bonds is 4. The minimum absolute atomic E-state index is 0.970. The van der Waals surface area contributed by atoms with Crippen molar-refractivity contribution in [3.8, 4) is 5.69 Å². The molecular formula is C16H17N3. The standard InChI is InChI=1S/C16H17N3/c1-2-3-8-13-9-7-12-15-16(13)19(18-17-15)14-10-5-4-6-11-14/h4-7,9-12H,2-3,8H2,1H3. The van der Waals surface area contributed by atoms with Gasteiger partial charge in [-0.1, -0.05) is 48.9 Å². The number of unbranched alkanes of at least 4 members (excludes halogenated alkanes) is 1. The number of nitrogens with zero attached hydrogens (tertiary/aromatic N) is 3. The predicted octanol–water partition coefficient (Wildman–Crippen LogP) is 3.76. The summed E-state index contributed by atoms with van der Waals surface area (Å²) in [5.41, 5.74) is 4.50. The summed E-state index contributed by atoms with van der Waals surface area (Å²) in [5, 5.41) is 8.58. The normalized spacial score (nSPS) is 11.0. The number of hydrogen-bond donors (Lipinski definition) is 0. The highest BCUT2D eigenvalue weighted by Gasteiger charge is 2.10. The SMILES string of the molecule is CCCCc1cccc2nnn(-c3ccccc3)c12. The van der Waals surface area contributed by atoms with Gasteiger partial charge in [-0.05, 0) is 36.6 Å². The van der Waals surface area contributed by atoms with Crippen LogP contribution >= 0.6 is 0 Å². The second-order valence-corrected chi connectivity index (χ2v) is 4.73. The Bertz CT molecular complexity index is 671. The highest BCUT2D eigenvalue weighted by molar-refractivity contribution is 5.79. The molecule has 0 aliphatic heterocycles. The van der Waals surface area contributed by atoms with E-state index in [2.05, 4.69) is 41.5 Å². The van der Waals surface area contributed by atoms with Gasteiger partial charge in [0.05, 0.1) is 11.2 Å². The van der Waals surface area contributed by atoms with Crippen molar-refractivity contribution in [3.63, 3.8) is 0 Å². The lowest BCUT2D eigenvalue weighted by Crippen LogP contribution is -1.99. The molecule has 0 amide bonds. The van der Waals surface area contributed by atoms with Crippen LogP contribution in [-0.4, -0.2) is 15.0 Å². The van der Waals surface area contributed by atoms with Gasteiger partial charge in [0.2, 0.25) is 0 Å². The number of fused-ring (bicyclic) bond motifs is 1. The Morgan fingerprint density at radius 2 is 1.84 bits per heavy atom. The molecule has 0 fully saturated rings. The first-order valence-electron chi connectivity index (χ1n) is 6.79. The van der Waals surface area contributed by atoms with Gasteiger partial charge in [-0.2, -0.15) is 0 Å². The zero-order valence-electron chi connectivity index (χ0n) is 11.1. The van der Waals surface area contributed by atoms with Crippen LogP contribution in [0, 0.1) is 0 Å². The molecule has 3 nitrogen and oxygen atoms in total. The Morgan fingerprint density at radius 1 is 1.00 bits per heavy atom. The Morgan fingerprint density at radius 3 is 2.63 bits per heavy atom. The lowest BCUT2D eigenvalue weighted by atomic mass is 10.1. The van der Waals surface area contributed by atoms with Crippen molar-refractivity contribution in [3.05, 3.63) is 54.1 Å². The van der Waals surface area contributed by atoms with Crippen LogP contribution in [0.1, 0.15) is 25.3 Å². The summed E-state index contributed by atoms with van der Waals surface area (Å²) in [6.45, 7) is 2.22. The van der Waals surface area contributed by atoms with E-state index >= 15 is 0 Å². The van der Waals surface area contributed by atoms with Crippen LogP contribution in [0.2, 0.25) is 0 Å². The molecule has 0 unspecified atom stereocenters. The molecule has 0 N–H and O–H groups in total. The van der Waals surface area contributed by atoms with Crippen molar-refractivity contribution in [2.45, 2.75) is 26.2 Å². The molecule has 2 aromatic carbocycles. The molecule has 1 aromatic heterocycles. The monoisotopic (exact) mass is 251 g/mol. The smallest absolute Gasteiger partial charge is 0.113 e. The molecule has 0 bridgehead atoms. The summed E-state index contributed by atoms with van der Waals surface area (Å²) < 4.78 is 1.94. The molecule has 19 heavy (non-hydrogen) atoms. The van der Waals surface area contributed by atoms with Crippen molar-refractivity contribution in [1.29, 1.82) is 0 Å². The van der Waals surface area contributed by atoms with E-state index < -0.39 is 0 Å². The maximum atomic E-state index is 4.30. The average Bonchev–Trinajstić information content (AvgIpc) is 2.90. The Balaban J connectivity index is 2.15. The lowest BCUT2D eigenvalue weighted by molar-refractivity contribution is 0.786. The van der Waals surface area contributed by atoms with E-state index in [1.807, 2.05) is 28.9 Å². The zero-order valence-corrected chi connectivity index (χ0v) is 11.1. The topological polar surface area (TPSA) is 30.7 Å². The van der Waals surface area contributed by atoms with Gasteiger partial charge in [0, 0.05) is 0 Å². The summed E-state index contributed by atoms with van der Waals surface area (Å²) in [6, 6.07) is 16.5. The predicted molar refractivity (Wildman–Crippen MR) is 77.5 cm³/mol. The second-order valence-electron chi connectivity index (χ2n) is 4.73. The minimum Gasteiger partial charge on any atom is -0.213 e. The van der Waals surface area contributed by atoms with E-state index in [9.17, 15) is 0 Å². The van der Waals surface area contributed by atoms with Gasteiger partial charge in [-0.15, -0.1) is 5.10 Å². The van der Waals surface area contributed by atoms with E-state index in [4.69, 9.17) is 0 Å². The molecule has 0 aliphatic rings. The molecule has 0 saturated heterocycles. The van der Waals surface area contributed by atoms with E-state index in [-0.39, 0.29) is 0 Å². The third-order valence-corrected chi connectivity index (χ3v) is 3.35. The van der Waals surface area contributed by atoms with E-state index in [1.165, 1.54) is 18.4 Å². The molecule has 0 saturated carbocycles. The fourth-order valence-electron chi connectivity index (χ4n) is 2.36. The van der Waals surface area contributed by atoms with Crippen molar-refractivity contribution < 1.29 is 0 Å². The third-order valence-electron chi connectivity index (χ3n) is 3.35. The summed E-state index contributed by atoms with van der Waals surface area (Å²) in [6.07, 6.45) is 3.47. The van der Waals surface area contributed by atoms with E-state index in [0.29, 0.717) is 0 Å². The first-order chi connectivity index (χ1) is 9.40. The highest BCUT2D eigenvalue weighted by Crippen LogP contribution is 2.21. The van der Waals surface area contributed by atoms with Crippen LogP contribution in [0.25, 0.3) is 16.7 Å². The fourth-order valence-corrected chi connectivity index (χ4v) is 2.36. The summed E-state index contributed by atoms with van der Waals surface area (Å²) >= 11 is 0. The molecule has 1 heterocycles. The van der Waals surface area contributed by atoms with Gasteiger partial charge in [-0.25, -0.2) is 4.68 Å². The van der Waals surface area contributed by atoms with Crippen molar-refractivity contribution in [2.75, 3.05) is 0 Å². The second kappa shape index (κ2) is 5.22. The molecule has 3 rings (SSSR count). The Hall–Kier alpha value is -2.16. The molecule has 3 heteroatoms. The third kappa shape index (κ3) is 2.24. The molecule has 0 spiro atoms. The summed E-state index contributed by atoms with van der Waals surface area (Å²) in [5.74, 6) is 0. The van der Waals surface area contributed by atoms with Crippen molar-refractivity contribution >= 4 is 11.0 Å². The summed E-state index contributed by atoms with van der Waals surface area (Å²) in [4.78, 5) is 0. The molecule has 3 aromatic rings. The minimum atomic E-state index is 0.970. The highest BCUT2D eigenvalue weighted by atomic mass is 15.4. The molecular weight excluding hydrogens is 234 g/mol. The largest absolute Gasteiger partial charge is 0.213 e. The first kappa shape index (κ1) is 11.9. The number of aryl methyl sites for hydroxylation is 1. The van der Waals surface area contributed by atoms with Gasteiger partial charge < -0.3 is 0 Å². The van der Waals surface area contributed by atoms with Crippen molar-refractivity contribution in [2.24, 2.45) is 0 Å². The Labute approximate surface area is 112 Å². The zero-order chi connectivity index (χ0) is 13.1. The maximum Gasteiger partial charge on any atom is 0.113 e. The first-order valence-corrected chi connectivity index (χ1v) is 6.79. The van der Waals surface area contributed by atoms with Gasteiger partial charge in [0.25, 0.3) is 0 Å². The van der Waals surface area contributed by atoms with Crippen LogP contribution < -0.4 is 0 Å².